The average Bonchev–Trinajstić information content (AvgIpc) is 2.57. The summed E-state index contributed by atoms with van der Waals surface area (Å²) in [6, 6.07) is 18.7. The number of rotatable bonds is 8. The van der Waals surface area contributed by atoms with Gasteiger partial charge in [0.2, 0.25) is 0 Å². The number of thioether (sulfide) groups is 1. The highest BCUT2D eigenvalue weighted by Crippen LogP contribution is 2.23. The number of nitrogens with zero attached hydrogens (tertiary/aromatic N) is 1. The van der Waals surface area contributed by atoms with Crippen molar-refractivity contribution in [1.82, 2.24) is 0 Å². The van der Waals surface area contributed by atoms with Gasteiger partial charge in [-0.15, -0.1) is 11.8 Å². The Balaban J connectivity index is 1.92. The molecule has 2 aromatic rings. The highest BCUT2D eigenvalue weighted by atomic mass is 32.2. The van der Waals surface area contributed by atoms with Crippen LogP contribution in [0.25, 0.3) is 0 Å². The van der Waals surface area contributed by atoms with Crippen LogP contribution < -0.4 is 4.90 Å². The van der Waals surface area contributed by atoms with Crippen molar-refractivity contribution in [2.45, 2.75) is 31.3 Å². The molecule has 2 nitrogen and oxygen atoms in total. The normalized spacial score (nSPS) is 12.1. The quantitative estimate of drug-likeness (QED) is 0.711. The minimum Gasteiger partial charge on any atom is -0.388 e. The zero-order valence-electron chi connectivity index (χ0n) is 13.4. The molecule has 1 unspecified atom stereocenters. The summed E-state index contributed by atoms with van der Waals surface area (Å²) in [6.45, 7) is 6.10. The van der Waals surface area contributed by atoms with Gasteiger partial charge < -0.3 is 10.0 Å². The van der Waals surface area contributed by atoms with E-state index in [1.54, 1.807) is 0 Å². The molecule has 0 amide bonds. The molecule has 0 aliphatic carbocycles. The minimum absolute atomic E-state index is 0.404. The molecular formula is C19H25NOS. The summed E-state index contributed by atoms with van der Waals surface area (Å²) in [5.41, 5.74) is 2.22. The highest BCUT2D eigenvalue weighted by Gasteiger charge is 2.10. The van der Waals surface area contributed by atoms with E-state index < -0.39 is 6.10 Å². The second kappa shape index (κ2) is 8.86. The summed E-state index contributed by atoms with van der Waals surface area (Å²) in [5.74, 6) is 1.07. The lowest BCUT2D eigenvalue weighted by Gasteiger charge is -2.24. The first kappa shape index (κ1) is 16.9. The van der Waals surface area contributed by atoms with Crippen LogP contribution in [0.15, 0.2) is 59.5 Å². The molecule has 0 aliphatic rings. The van der Waals surface area contributed by atoms with E-state index in [4.69, 9.17) is 0 Å². The van der Waals surface area contributed by atoms with Crippen LogP contribution in [0.3, 0.4) is 0 Å². The van der Waals surface area contributed by atoms with Gasteiger partial charge in [0, 0.05) is 23.7 Å². The van der Waals surface area contributed by atoms with E-state index in [1.807, 2.05) is 30.0 Å². The SMILES string of the molecule is CCSc1ccc(C(O)CCN(CC)c2ccccc2)cc1. The van der Waals surface area contributed by atoms with Gasteiger partial charge >= 0.3 is 0 Å². The fourth-order valence-electron chi connectivity index (χ4n) is 2.51. The first-order valence-electron chi connectivity index (χ1n) is 7.95. The zero-order chi connectivity index (χ0) is 15.8. The number of hydrogen-bond acceptors (Lipinski definition) is 3. The molecule has 1 N–H and O–H groups in total. The first-order chi connectivity index (χ1) is 10.7. The third-order valence-corrected chi connectivity index (χ3v) is 4.65. The Kier molecular flexibility index (Phi) is 6.81. The molecule has 0 aliphatic heterocycles. The monoisotopic (exact) mass is 315 g/mol. The molecule has 22 heavy (non-hydrogen) atoms. The largest absolute Gasteiger partial charge is 0.388 e. The molecule has 2 aromatic carbocycles. The van der Waals surface area contributed by atoms with E-state index >= 15 is 0 Å². The van der Waals surface area contributed by atoms with Crippen LogP contribution in [0.1, 0.15) is 31.9 Å². The van der Waals surface area contributed by atoms with E-state index in [0.29, 0.717) is 0 Å². The third kappa shape index (κ3) is 4.79. The van der Waals surface area contributed by atoms with Crippen molar-refractivity contribution in [2.75, 3.05) is 23.7 Å². The molecule has 0 fully saturated rings. The van der Waals surface area contributed by atoms with Crippen LogP contribution in [0, 0.1) is 0 Å². The molecule has 3 heteroatoms. The second-order valence-corrected chi connectivity index (χ2v) is 6.56. The van der Waals surface area contributed by atoms with E-state index in [0.717, 1.165) is 30.8 Å². The Labute approximate surface area is 138 Å². The maximum Gasteiger partial charge on any atom is 0.0806 e. The number of hydrogen-bond donors (Lipinski definition) is 1. The minimum atomic E-state index is -0.404. The number of benzene rings is 2. The molecule has 1 atom stereocenters. The van der Waals surface area contributed by atoms with Crippen LogP contribution in [0.5, 0.6) is 0 Å². The Hall–Kier alpha value is -1.45. The van der Waals surface area contributed by atoms with Gasteiger partial charge in [-0.3, -0.25) is 0 Å². The van der Waals surface area contributed by atoms with Gasteiger partial charge in [-0.25, -0.2) is 0 Å². The van der Waals surface area contributed by atoms with Gasteiger partial charge in [-0.2, -0.15) is 0 Å². The summed E-state index contributed by atoms with van der Waals surface area (Å²) in [6.07, 6.45) is 0.335. The van der Waals surface area contributed by atoms with Gasteiger partial charge in [0.05, 0.1) is 6.10 Å². The molecule has 2 rings (SSSR count). The van der Waals surface area contributed by atoms with Gasteiger partial charge in [-0.05, 0) is 48.9 Å². The summed E-state index contributed by atoms with van der Waals surface area (Å²) in [4.78, 5) is 3.56. The van der Waals surface area contributed by atoms with Crippen molar-refractivity contribution in [3.8, 4) is 0 Å². The number of aliphatic hydroxyl groups is 1. The van der Waals surface area contributed by atoms with Crippen LogP contribution in [-0.4, -0.2) is 23.9 Å². The van der Waals surface area contributed by atoms with E-state index in [2.05, 4.69) is 55.1 Å². The average molecular weight is 315 g/mol. The van der Waals surface area contributed by atoms with Crippen molar-refractivity contribution in [2.24, 2.45) is 0 Å². The van der Waals surface area contributed by atoms with Crippen molar-refractivity contribution in [3.05, 3.63) is 60.2 Å². The van der Waals surface area contributed by atoms with Crippen molar-refractivity contribution < 1.29 is 5.11 Å². The molecule has 0 heterocycles. The fraction of sp³-hybridized carbons (Fsp3) is 0.368. The highest BCUT2D eigenvalue weighted by molar-refractivity contribution is 7.99. The van der Waals surface area contributed by atoms with Crippen molar-refractivity contribution in [3.63, 3.8) is 0 Å². The van der Waals surface area contributed by atoms with E-state index in [-0.39, 0.29) is 0 Å². The first-order valence-corrected chi connectivity index (χ1v) is 8.94. The van der Waals surface area contributed by atoms with Crippen molar-refractivity contribution >= 4 is 17.4 Å². The summed E-state index contributed by atoms with van der Waals surface area (Å²) in [5, 5.41) is 10.4. The van der Waals surface area contributed by atoms with Crippen LogP contribution in [0.2, 0.25) is 0 Å². The van der Waals surface area contributed by atoms with Crippen molar-refractivity contribution in [1.29, 1.82) is 0 Å². The third-order valence-electron chi connectivity index (χ3n) is 3.75. The number of anilines is 1. The number of para-hydroxylation sites is 1. The Morgan fingerprint density at radius 3 is 2.27 bits per heavy atom. The molecule has 0 radical (unpaired) electrons. The lowest BCUT2D eigenvalue weighted by Crippen LogP contribution is -2.25. The second-order valence-electron chi connectivity index (χ2n) is 5.22. The summed E-state index contributed by atoms with van der Waals surface area (Å²) >= 11 is 1.82. The van der Waals surface area contributed by atoms with Gasteiger partial charge in [0.15, 0.2) is 0 Å². The lowest BCUT2D eigenvalue weighted by molar-refractivity contribution is 0.169. The molecule has 0 aromatic heterocycles. The predicted octanol–water partition coefficient (Wildman–Crippen LogP) is 4.75. The maximum absolute atomic E-state index is 10.4. The van der Waals surface area contributed by atoms with E-state index in [9.17, 15) is 5.11 Å². The lowest BCUT2D eigenvalue weighted by atomic mass is 10.1. The fourth-order valence-corrected chi connectivity index (χ4v) is 3.17. The number of aliphatic hydroxyl groups excluding tert-OH is 1. The topological polar surface area (TPSA) is 23.5 Å². The Bertz CT molecular complexity index is 541. The smallest absolute Gasteiger partial charge is 0.0806 e. The van der Waals surface area contributed by atoms with Crippen LogP contribution in [0.4, 0.5) is 5.69 Å². The Morgan fingerprint density at radius 1 is 1.00 bits per heavy atom. The molecule has 0 saturated heterocycles. The van der Waals surface area contributed by atoms with Crippen LogP contribution >= 0.6 is 11.8 Å². The molecular weight excluding hydrogens is 290 g/mol. The molecule has 0 saturated carbocycles. The molecule has 0 bridgehead atoms. The van der Waals surface area contributed by atoms with Gasteiger partial charge in [0.25, 0.3) is 0 Å². The van der Waals surface area contributed by atoms with E-state index in [1.165, 1.54) is 10.6 Å². The summed E-state index contributed by atoms with van der Waals surface area (Å²) < 4.78 is 0. The molecule has 118 valence electrons. The maximum atomic E-state index is 10.4. The summed E-state index contributed by atoms with van der Waals surface area (Å²) in [7, 11) is 0. The van der Waals surface area contributed by atoms with Gasteiger partial charge in [0.1, 0.15) is 0 Å². The Morgan fingerprint density at radius 2 is 1.68 bits per heavy atom. The van der Waals surface area contributed by atoms with Gasteiger partial charge in [-0.1, -0.05) is 37.3 Å². The van der Waals surface area contributed by atoms with Crippen LogP contribution in [-0.2, 0) is 0 Å². The molecule has 0 spiro atoms. The predicted molar refractivity (Wildman–Crippen MR) is 96.7 cm³/mol. The standard InChI is InChI=1S/C19H25NOS/c1-3-20(17-8-6-5-7-9-17)15-14-19(21)16-10-12-18(13-11-16)22-4-2/h5-13,19,21H,3-4,14-15H2,1-2H3. The zero-order valence-corrected chi connectivity index (χ0v) is 14.2.